The van der Waals surface area contributed by atoms with Gasteiger partial charge in [0.1, 0.15) is 5.52 Å². The van der Waals surface area contributed by atoms with Crippen LogP contribution in [0.3, 0.4) is 0 Å². The van der Waals surface area contributed by atoms with E-state index in [1.807, 2.05) is 12.1 Å². The monoisotopic (exact) mass is 250 g/mol. The van der Waals surface area contributed by atoms with Gasteiger partial charge in [-0.3, -0.25) is 0 Å². The van der Waals surface area contributed by atoms with E-state index in [2.05, 4.69) is 15.2 Å². The third-order valence-electron chi connectivity index (χ3n) is 2.88. The molecule has 0 aliphatic carbocycles. The number of nitrogens with zero attached hydrogens (tertiary/aromatic N) is 3. The van der Waals surface area contributed by atoms with Gasteiger partial charge >= 0.3 is 0 Å². The normalized spacial score (nSPS) is 17.4. The van der Waals surface area contributed by atoms with Gasteiger partial charge in [-0.1, -0.05) is 11.6 Å². The Morgan fingerprint density at radius 2 is 2.18 bits per heavy atom. The summed E-state index contributed by atoms with van der Waals surface area (Å²) in [5, 5.41) is 5.05. The maximum absolute atomic E-state index is 5.92. The molecule has 0 amide bonds. The number of fused-ring (bicyclic) bond motifs is 1. The topological polar surface area (TPSA) is 43.4 Å². The lowest BCUT2D eigenvalue weighted by Gasteiger charge is -2.16. The van der Waals surface area contributed by atoms with Gasteiger partial charge in [-0.05, 0) is 18.6 Å². The highest BCUT2D eigenvalue weighted by atomic mass is 35.5. The number of benzene rings is 1. The maximum atomic E-state index is 5.92. The predicted octanol–water partition coefficient (Wildman–Crippen LogP) is 2.30. The van der Waals surface area contributed by atoms with Crippen LogP contribution >= 0.6 is 11.6 Å². The second kappa shape index (κ2) is 4.55. The average molecular weight is 251 g/mol. The van der Waals surface area contributed by atoms with Crippen molar-refractivity contribution in [2.45, 2.75) is 6.42 Å². The third-order valence-corrected chi connectivity index (χ3v) is 3.12. The largest absolute Gasteiger partial charge is 0.423 e. The van der Waals surface area contributed by atoms with Crippen LogP contribution in [0.1, 0.15) is 6.42 Å². The second-order valence-corrected chi connectivity index (χ2v) is 4.56. The molecule has 0 saturated carbocycles. The van der Waals surface area contributed by atoms with Gasteiger partial charge in [0.05, 0.1) is 0 Å². The van der Waals surface area contributed by atoms with Gasteiger partial charge in [-0.25, -0.2) is 5.32 Å². The number of halogens is 1. The molecular formula is C12H13ClN3O. The molecule has 1 aliphatic rings. The fraction of sp³-hybridized carbons (Fsp3) is 0.417. The maximum Gasteiger partial charge on any atom is 0.298 e. The zero-order valence-corrected chi connectivity index (χ0v) is 10.2. The number of oxazole rings is 1. The first-order chi connectivity index (χ1) is 8.33. The van der Waals surface area contributed by atoms with Crippen molar-refractivity contribution >= 4 is 28.7 Å². The molecule has 1 radical (unpaired) electrons. The molecule has 0 unspecified atom stereocenters. The number of aromatic nitrogens is 1. The summed E-state index contributed by atoms with van der Waals surface area (Å²) >= 11 is 5.92. The molecular weight excluding hydrogens is 238 g/mol. The minimum atomic E-state index is 0.672. The molecule has 2 heterocycles. The van der Waals surface area contributed by atoms with Crippen LogP contribution in [0.4, 0.5) is 6.01 Å². The molecule has 4 nitrogen and oxygen atoms in total. The third kappa shape index (κ3) is 2.23. The molecule has 1 saturated heterocycles. The van der Waals surface area contributed by atoms with E-state index >= 15 is 0 Å². The molecule has 1 aliphatic heterocycles. The van der Waals surface area contributed by atoms with E-state index in [1.54, 1.807) is 6.07 Å². The van der Waals surface area contributed by atoms with Crippen LogP contribution in [-0.2, 0) is 0 Å². The van der Waals surface area contributed by atoms with Crippen molar-refractivity contribution in [1.29, 1.82) is 0 Å². The van der Waals surface area contributed by atoms with E-state index in [0.717, 1.165) is 43.7 Å². The van der Waals surface area contributed by atoms with E-state index in [0.29, 0.717) is 11.0 Å². The number of rotatable bonds is 1. The summed E-state index contributed by atoms with van der Waals surface area (Å²) in [5.74, 6) is 0. The zero-order valence-electron chi connectivity index (χ0n) is 9.40. The van der Waals surface area contributed by atoms with Crippen molar-refractivity contribution in [3.63, 3.8) is 0 Å². The highest BCUT2D eigenvalue weighted by Gasteiger charge is 2.15. The molecule has 0 bridgehead atoms. The van der Waals surface area contributed by atoms with E-state index in [9.17, 15) is 0 Å². The molecule has 3 rings (SSSR count). The summed E-state index contributed by atoms with van der Waals surface area (Å²) < 4.78 is 5.73. The summed E-state index contributed by atoms with van der Waals surface area (Å²) in [4.78, 5) is 6.62. The van der Waals surface area contributed by atoms with E-state index in [-0.39, 0.29) is 0 Å². The van der Waals surface area contributed by atoms with Crippen LogP contribution in [0.2, 0.25) is 5.02 Å². The molecule has 89 valence electrons. The Morgan fingerprint density at radius 3 is 3.12 bits per heavy atom. The molecule has 0 N–H and O–H groups in total. The fourth-order valence-electron chi connectivity index (χ4n) is 2.00. The van der Waals surface area contributed by atoms with Crippen molar-refractivity contribution in [2.75, 3.05) is 31.1 Å². The Kier molecular flexibility index (Phi) is 2.91. The summed E-state index contributed by atoms with van der Waals surface area (Å²) in [6.45, 7) is 3.60. The Morgan fingerprint density at radius 1 is 1.24 bits per heavy atom. The van der Waals surface area contributed by atoms with Crippen molar-refractivity contribution in [3.8, 4) is 0 Å². The molecule has 17 heavy (non-hydrogen) atoms. The second-order valence-electron chi connectivity index (χ2n) is 4.12. The standard InChI is InChI=1S/C12H13ClN3O/c13-9-2-3-10-11(8-9)17-12(15-10)16-6-1-4-14-5-7-16/h2-3,8H,1,4-7H2. The van der Waals surface area contributed by atoms with Gasteiger partial charge in [0.2, 0.25) is 0 Å². The van der Waals surface area contributed by atoms with Crippen LogP contribution in [0.25, 0.3) is 11.1 Å². The first-order valence-corrected chi connectivity index (χ1v) is 6.15. The summed E-state index contributed by atoms with van der Waals surface area (Å²) in [6, 6.07) is 6.19. The summed E-state index contributed by atoms with van der Waals surface area (Å²) in [5.41, 5.74) is 1.60. The van der Waals surface area contributed by atoms with Crippen LogP contribution in [-0.4, -0.2) is 31.2 Å². The Balaban J connectivity index is 1.93. The van der Waals surface area contributed by atoms with Gasteiger partial charge in [-0.15, -0.1) is 0 Å². The number of anilines is 1. The van der Waals surface area contributed by atoms with Crippen molar-refractivity contribution in [1.82, 2.24) is 10.3 Å². The van der Waals surface area contributed by atoms with Crippen molar-refractivity contribution < 1.29 is 4.42 Å². The first-order valence-electron chi connectivity index (χ1n) is 5.77. The Bertz CT molecular complexity index is 517. The van der Waals surface area contributed by atoms with E-state index in [4.69, 9.17) is 16.0 Å². The predicted molar refractivity (Wildman–Crippen MR) is 67.7 cm³/mol. The molecule has 5 heteroatoms. The van der Waals surface area contributed by atoms with Crippen molar-refractivity contribution in [2.24, 2.45) is 0 Å². The van der Waals surface area contributed by atoms with Gasteiger partial charge in [0, 0.05) is 37.3 Å². The minimum Gasteiger partial charge on any atom is -0.423 e. The molecule has 0 spiro atoms. The van der Waals surface area contributed by atoms with E-state index in [1.165, 1.54) is 0 Å². The lowest BCUT2D eigenvalue weighted by molar-refractivity contribution is 0.571. The minimum absolute atomic E-state index is 0.672. The number of hydrogen-bond donors (Lipinski definition) is 0. The molecule has 1 aromatic carbocycles. The highest BCUT2D eigenvalue weighted by Crippen LogP contribution is 2.24. The van der Waals surface area contributed by atoms with Gasteiger partial charge in [0.25, 0.3) is 6.01 Å². The molecule has 1 aromatic heterocycles. The first kappa shape index (κ1) is 10.9. The quantitative estimate of drug-likeness (QED) is 0.780. The van der Waals surface area contributed by atoms with Gasteiger partial charge in [0.15, 0.2) is 5.58 Å². The molecule has 1 fully saturated rings. The average Bonchev–Trinajstić information content (AvgIpc) is 2.57. The van der Waals surface area contributed by atoms with Crippen LogP contribution in [0.5, 0.6) is 0 Å². The SMILES string of the molecule is Clc1ccc2nc(N3CCC[N]CC3)oc2c1. The smallest absolute Gasteiger partial charge is 0.298 e. The Labute approximate surface area is 105 Å². The molecule has 2 aromatic rings. The summed E-state index contributed by atoms with van der Waals surface area (Å²) in [6.07, 6.45) is 1.06. The lowest BCUT2D eigenvalue weighted by atomic mass is 10.3. The van der Waals surface area contributed by atoms with Crippen LogP contribution in [0.15, 0.2) is 22.6 Å². The van der Waals surface area contributed by atoms with Crippen LogP contribution < -0.4 is 10.2 Å². The number of hydrogen-bond acceptors (Lipinski definition) is 3. The Hall–Kier alpha value is -1.26. The van der Waals surface area contributed by atoms with Crippen molar-refractivity contribution in [3.05, 3.63) is 23.2 Å². The highest BCUT2D eigenvalue weighted by molar-refractivity contribution is 6.31. The van der Waals surface area contributed by atoms with Crippen LogP contribution in [0, 0.1) is 0 Å². The van der Waals surface area contributed by atoms with Gasteiger partial charge < -0.3 is 9.32 Å². The van der Waals surface area contributed by atoms with E-state index < -0.39 is 0 Å². The molecule has 0 atom stereocenters. The van der Waals surface area contributed by atoms with Gasteiger partial charge in [-0.2, -0.15) is 4.98 Å². The fourth-order valence-corrected chi connectivity index (χ4v) is 2.16. The zero-order chi connectivity index (χ0) is 11.7. The lowest BCUT2D eigenvalue weighted by Crippen LogP contribution is -2.26. The summed E-state index contributed by atoms with van der Waals surface area (Å²) in [7, 11) is 0.